The van der Waals surface area contributed by atoms with Gasteiger partial charge >= 0.3 is 0 Å². The molecule has 150 valence electrons. The van der Waals surface area contributed by atoms with Gasteiger partial charge in [-0.2, -0.15) is 0 Å². The van der Waals surface area contributed by atoms with Crippen LogP contribution in [-0.2, 0) is 19.5 Å². The van der Waals surface area contributed by atoms with Crippen LogP contribution in [0.1, 0.15) is 26.8 Å². The lowest BCUT2D eigenvalue weighted by Gasteiger charge is -2.24. The normalized spacial score (nSPS) is 13.7. The molecule has 0 fully saturated rings. The highest BCUT2D eigenvalue weighted by atomic mass is 32.1. The highest BCUT2D eigenvalue weighted by Gasteiger charge is 2.22. The van der Waals surface area contributed by atoms with E-state index in [1.807, 2.05) is 18.2 Å². The second kappa shape index (κ2) is 8.43. The molecule has 4 aromatic rings. The third-order valence-electron chi connectivity index (χ3n) is 4.89. The molecule has 8 heteroatoms. The van der Waals surface area contributed by atoms with Crippen molar-refractivity contribution in [1.29, 1.82) is 0 Å². The average molecular weight is 434 g/mol. The zero-order valence-electron chi connectivity index (χ0n) is 16.1. The SMILES string of the molecule is O=C(Nc1nc2c(s1)CN(Cc1csc(-c3ccccc3)n1)CC2)c1ccccn1. The Bertz CT molecular complexity index is 1160. The molecule has 3 aromatic heterocycles. The van der Waals surface area contributed by atoms with Crippen molar-refractivity contribution in [2.45, 2.75) is 19.5 Å². The number of anilines is 1. The molecule has 0 atom stereocenters. The van der Waals surface area contributed by atoms with E-state index in [-0.39, 0.29) is 5.91 Å². The summed E-state index contributed by atoms with van der Waals surface area (Å²) in [6.45, 7) is 2.57. The Morgan fingerprint density at radius 1 is 1.10 bits per heavy atom. The van der Waals surface area contributed by atoms with Gasteiger partial charge < -0.3 is 0 Å². The van der Waals surface area contributed by atoms with E-state index in [0.29, 0.717) is 10.8 Å². The van der Waals surface area contributed by atoms with E-state index in [9.17, 15) is 4.79 Å². The van der Waals surface area contributed by atoms with Crippen molar-refractivity contribution in [1.82, 2.24) is 19.9 Å². The van der Waals surface area contributed by atoms with Gasteiger partial charge in [-0.05, 0) is 12.1 Å². The standard InChI is InChI=1S/C22H19N5OS2/c28-20(18-8-4-5-10-23-18)26-22-25-17-9-11-27(13-19(17)30-22)12-16-14-29-21(24-16)15-6-2-1-3-7-15/h1-8,10,14H,9,11-13H2,(H,25,26,28). The maximum atomic E-state index is 12.3. The summed E-state index contributed by atoms with van der Waals surface area (Å²) >= 11 is 3.23. The zero-order valence-corrected chi connectivity index (χ0v) is 17.7. The molecule has 0 aliphatic carbocycles. The monoisotopic (exact) mass is 433 g/mol. The molecule has 0 unspecified atom stereocenters. The number of pyridine rings is 1. The molecular weight excluding hydrogens is 414 g/mol. The Hall–Kier alpha value is -2.94. The van der Waals surface area contributed by atoms with Crippen LogP contribution in [0.4, 0.5) is 5.13 Å². The third-order valence-corrected chi connectivity index (χ3v) is 6.82. The van der Waals surface area contributed by atoms with Gasteiger partial charge in [-0.15, -0.1) is 22.7 Å². The van der Waals surface area contributed by atoms with Crippen LogP contribution in [0.2, 0.25) is 0 Å². The molecule has 1 aromatic carbocycles. The van der Waals surface area contributed by atoms with E-state index in [4.69, 9.17) is 4.98 Å². The van der Waals surface area contributed by atoms with Crippen LogP contribution in [0.5, 0.6) is 0 Å². The number of nitrogens with zero attached hydrogens (tertiary/aromatic N) is 4. The number of amides is 1. The van der Waals surface area contributed by atoms with Crippen LogP contribution >= 0.6 is 22.7 Å². The van der Waals surface area contributed by atoms with Gasteiger partial charge in [0.15, 0.2) is 5.13 Å². The third kappa shape index (κ3) is 4.16. The Labute approximate surface area is 182 Å². The van der Waals surface area contributed by atoms with Crippen LogP contribution in [-0.4, -0.2) is 32.3 Å². The Balaban J connectivity index is 1.24. The van der Waals surface area contributed by atoms with Crippen molar-refractivity contribution in [3.8, 4) is 10.6 Å². The minimum Gasteiger partial charge on any atom is -0.296 e. The van der Waals surface area contributed by atoms with E-state index in [2.05, 4.69) is 37.7 Å². The van der Waals surface area contributed by atoms with Crippen LogP contribution < -0.4 is 5.32 Å². The van der Waals surface area contributed by atoms with Crippen molar-refractivity contribution in [2.24, 2.45) is 0 Å². The molecule has 0 spiro atoms. The number of carbonyl (C=O) groups excluding carboxylic acids is 1. The summed E-state index contributed by atoms with van der Waals surface area (Å²) < 4.78 is 0. The van der Waals surface area contributed by atoms with Crippen molar-refractivity contribution < 1.29 is 4.79 Å². The number of thiazole rings is 2. The zero-order chi connectivity index (χ0) is 20.3. The van der Waals surface area contributed by atoms with Gasteiger partial charge in [0, 0.05) is 48.1 Å². The second-order valence-corrected chi connectivity index (χ2v) is 8.97. The first kappa shape index (κ1) is 19.0. The van der Waals surface area contributed by atoms with Gasteiger partial charge in [-0.25, -0.2) is 9.97 Å². The largest absolute Gasteiger partial charge is 0.296 e. The van der Waals surface area contributed by atoms with Gasteiger partial charge in [0.2, 0.25) is 0 Å². The second-order valence-electron chi connectivity index (χ2n) is 7.03. The number of nitrogens with one attached hydrogen (secondary N) is 1. The maximum absolute atomic E-state index is 12.3. The lowest BCUT2D eigenvalue weighted by Crippen LogP contribution is -2.29. The van der Waals surface area contributed by atoms with Gasteiger partial charge in [-0.3, -0.25) is 20.0 Å². The maximum Gasteiger partial charge on any atom is 0.276 e. The van der Waals surface area contributed by atoms with E-state index >= 15 is 0 Å². The van der Waals surface area contributed by atoms with Crippen molar-refractivity contribution in [3.05, 3.63) is 82.1 Å². The minimum atomic E-state index is -0.227. The predicted molar refractivity (Wildman–Crippen MR) is 120 cm³/mol. The lowest BCUT2D eigenvalue weighted by molar-refractivity contribution is 0.102. The molecule has 0 saturated heterocycles. The minimum absolute atomic E-state index is 0.227. The number of benzene rings is 1. The van der Waals surface area contributed by atoms with Crippen LogP contribution in [0, 0.1) is 0 Å². The fourth-order valence-corrected chi connectivity index (χ4v) is 5.28. The number of hydrogen-bond donors (Lipinski definition) is 1. The van der Waals surface area contributed by atoms with Gasteiger partial charge in [0.1, 0.15) is 10.7 Å². The Morgan fingerprint density at radius 2 is 1.97 bits per heavy atom. The van der Waals surface area contributed by atoms with Crippen LogP contribution in [0.15, 0.2) is 60.1 Å². The number of rotatable bonds is 5. The summed E-state index contributed by atoms with van der Waals surface area (Å²) in [5.41, 5.74) is 3.72. The summed E-state index contributed by atoms with van der Waals surface area (Å²) in [6.07, 6.45) is 2.49. The molecule has 4 heterocycles. The van der Waals surface area contributed by atoms with Crippen LogP contribution in [0.25, 0.3) is 10.6 Å². The predicted octanol–water partition coefficient (Wildman–Crippen LogP) is 4.47. The smallest absolute Gasteiger partial charge is 0.276 e. The van der Waals surface area contributed by atoms with Crippen molar-refractivity contribution in [2.75, 3.05) is 11.9 Å². The fourth-order valence-electron chi connectivity index (χ4n) is 3.42. The summed E-state index contributed by atoms with van der Waals surface area (Å²) in [5, 5.41) is 6.71. The van der Waals surface area contributed by atoms with Crippen LogP contribution in [0.3, 0.4) is 0 Å². The average Bonchev–Trinajstić information content (AvgIpc) is 3.41. The molecule has 0 radical (unpaired) electrons. The molecule has 6 nitrogen and oxygen atoms in total. The molecule has 1 aliphatic heterocycles. The molecule has 5 rings (SSSR count). The van der Waals surface area contributed by atoms with E-state index < -0.39 is 0 Å². The topological polar surface area (TPSA) is 71.0 Å². The summed E-state index contributed by atoms with van der Waals surface area (Å²) in [6, 6.07) is 15.6. The number of hydrogen-bond acceptors (Lipinski definition) is 7. The molecule has 0 saturated carbocycles. The first-order chi connectivity index (χ1) is 14.7. The summed E-state index contributed by atoms with van der Waals surface area (Å²) in [5.74, 6) is -0.227. The molecule has 1 aliphatic rings. The lowest BCUT2D eigenvalue weighted by atomic mass is 10.2. The Morgan fingerprint density at radius 3 is 2.80 bits per heavy atom. The first-order valence-electron chi connectivity index (χ1n) is 9.68. The Kier molecular flexibility index (Phi) is 5.35. The molecule has 1 N–H and O–H groups in total. The first-order valence-corrected chi connectivity index (χ1v) is 11.4. The highest BCUT2D eigenvalue weighted by Crippen LogP contribution is 2.30. The molecule has 30 heavy (non-hydrogen) atoms. The quantitative estimate of drug-likeness (QED) is 0.503. The van der Waals surface area contributed by atoms with Gasteiger partial charge in [-0.1, -0.05) is 36.4 Å². The summed E-state index contributed by atoms with van der Waals surface area (Å²) in [7, 11) is 0. The summed E-state index contributed by atoms with van der Waals surface area (Å²) in [4.78, 5) is 29.4. The highest BCUT2D eigenvalue weighted by molar-refractivity contribution is 7.16. The van der Waals surface area contributed by atoms with E-state index in [0.717, 1.165) is 48.0 Å². The fraction of sp³-hybridized carbons (Fsp3) is 0.182. The van der Waals surface area contributed by atoms with E-state index in [1.54, 1.807) is 47.1 Å². The number of fused-ring (bicyclic) bond motifs is 1. The van der Waals surface area contributed by atoms with E-state index in [1.165, 1.54) is 4.88 Å². The molecule has 1 amide bonds. The van der Waals surface area contributed by atoms with Gasteiger partial charge in [0.25, 0.3) is 5.91 Å². The number of aromatic nitrogens is 3. The van der Waals surface area contributed by atoms with Gasteiger partial charge in [0.05, 0.1) is 11.4 Å². The number of carbonyl (C=O) groups is 1. The van der Waals surface area contributed by atoms with Crippen molar-refractivity contribution in [3.63, 3.8) is 0 Å². The molecular formula is C22H19N5OS2. The molecule has 0 bridgehead atoms. The van der Waals surface area contributed by atoms with Crippen molar-refractivity contribution >= 4 is 33.7 Å².